The largest absolute Gasteiger partial charge is 0.360 e. The van der Waals surface area contributed by atoms with E-state index in [2.05, 4.69) is 4.98 Å². The molecular formula is C13H13NO2. The molecule has 1 heterocycles. The monoisotopic (exact) mass is 215 g/mol. The molecule has 2 rings (SSSR count). The molecule has 0 aliphatic rings. The van der Waals surface area contributed by atoms with Crippen molar-refractivity contribution in [2.75, 3.05) is 0 Å². The highest BCUT2D eigenvalue weighted by Gasteiger charge is 2.21. The van der Waals surface area contributed by atoms with Gasteiger partial charge in [-0.15, -0.1) is 0 Å². The maximum Gasteiger partial charge on any atom is 0.230 e. The summed E-state index contributed by atoms with van der Waals surface area (Å²) in [6.45, 7) is 3.46. The number of fused-ring (bicyclic) bond motifs is 1. The molecule has 0 amide bonds. The van der Waals surface area contributed by atoms with Gasteiger partial charge in [-0.3, -0.25) is 9.59 Å². The minimum absolute atomic E-state index is 0.263. The van der Waals surface area contributed by atoms with Crippen molar-refractivity contribution in [2.45, 2.75) is 13.8 Å². The van der Waals surface area contributed by atoms with Crippen LogP contribution in [0.15, 0.2) is 30.5 Å². The zero-order valence-corrected chi connectivity index (χ0v) is 9.28. The number of carbonyl (C=O) groups is 2. The first kappa shape index (κ1) is 10.6. The second-order valence-electron chi connectivity index (χ2n) is 4.10. The van der Waals surface area contributed by atoms with Crippen molar-refractivity contribution in [3.63, 3.8) is 0 Å². The van der Waals surface area contributed by atoms with Crippen LogP contribution in [0.25, 0.3) is 10.9 Å². The van der Waals surface area contributed by atoms with Gasteiger partial charge >= 0.3 is 0 Å². The lowest BCUT2D eigenvalue weighted by molar-refractivity contribution is -0.117. The summed E-state index contributed by atoms with van der Waals surface area (Å²) < 4.78 is 0. The van der Waals surface area contributed by atoms with E-state index < -0.39 is 5.78 Å². The quantitative estimate of drug-likeness (QED) is 0.632. The molecule has 0 atom stereocenters. The Kier molecular flexibility index (Phi) is 2.60. The van der Waals surface area contributed by atoms with Crippen molar-refractivity contribution in [3.05, 3.63) is 36.0 Å². The summed E-state index contributed by atoms with van der Waals surface area (Å²) in [4.78, 5) is 26.5. The third-order valence-corrected chi connectivity index (χ3v) is 2.58. The van der Waals surface area contributed by atoms with Gasteiger partial charge in [0, 0.05) is 23.0 Å². The number of benzene rings is 1. The highest BCUT2D eigenvalue weighted by molar-refractivity contribution is 6.46. The first-order valence-electron chi connectivity index (χ1n) is 5.26. The van der Waals surface area contributed by atoms with Crippen LogP contribution in [0, 0.1) is 5.92 Å². The summed E-state index contributed by atoms with van der Waals surface area (Å²) in [6.07, 6.45) is 1.60. The van der Waals surface area contributed by atoms with Crippen molar-refractivity contribution in [1.82, 2.24) is 4.98 Å². The molecule has 1 N–H and O–H groups in total. The molecule has 0 saturated carbocycles. The molecule has 0 spiro atoms. The zero-order valence-electron chi connectivity index (χ0n) is 9.28. The third kappa shape index (κ3) is 1.65. The lowest BCUT2D eigenvalue weighted by atomic mass is 9.99. The molecule has 1 aromatic heterocycles. The van der Waals surface area contributed by atoms with Gasteiger partial charge in [0.2, 0.25) is 11.6 Å². The molecule has 0 radical (unpaired) electrons. The Bertz CT molecular complexity index is 552. The Morgan fingerprint density at radius 3 is 2.56 bits per heavy atom. The molecule has 3 nitrogen and oxygen atoms in total. The van der Waals surface area contributed by atoms with E-state index in [1.165, 1.54) is 0 Å². The summed E-state index contributed by atoms with van der Waals surface area (Å²) in [5, 5.41) is 0.807. The smallest absolute Gasteiger partial charge is 0.230 e. The Labute approximate surface area is 93.5 Å². The number of carbonyl (C=O) groups excluding carboxylic acids is 2. The number of nitrogens with one attached hydrogen (secondary N) is 1. The summed E-state index contributed by atoms with van der Waals surface area (Å²) >= 11 is 0. The molecule has 0 saturated heterocycles. The molecule has 2 aromatic rings. The fourth-order valence-electron chi connectivity index (χ4n) is 1.65. The van der Waals surface area contributed by atoms with Gasteiger partial charge in [-0.1, -0.05) is 32.0 Å². The Morgan fingerprint density at radius 1 is 1.19 bits per heavy atom. The Hall–Kier alpha value is -1.90. The van der Waals surface area contributed by atoms with E-state index in [0.29, 0.717) is 5.56 Å². The molecule has 0 unspecified atom stereocenters. The molecule has 82 valence electrons. The summed E-state index contributed by atoms with van der Waals surface area (Å²) in [6, 6.07) is 7.46. The number of aromatic nitrogens is 1. The van der Waals surface area contributed by atoms with Crippen LogP contribution >= 0.6 is 0 Å². The average molecular weight is 215 g/mol. The number of rotatable bonds is 3. The topological polar surface area (TPSA) is 49.9 Å². The van der Waals surface area contributed by atoms with Crippen LogP contribution in [0.5, 0.6) is 0 Å². The van der Waals surface area contributed by atoms with Crippen LogP contribution in [0.3, 0.4) is 0 Å². The summed E-state index contributed by atoms with van der Waals surface area (Å²) in [7, 11) is 0. The van der Waals surface area contributed by atoms with E-state index in [1.54, 1.807) is 20.0 Å². The second kappa shape index (κ2) is 3.93. The van der Waals surface area contributed by atoms with Crippen LogP contribution in [-0.4, -0.2) is 16.6 Å². The van der Waals surface area contributed by atoms with Gasteiger partial charge in [0.25, 0.3) is 0 Å². The lowest BCUT2D eigenvalue weighted by Crippen LogP contribution is -2.19. The van der Waals surface area contributed by atoms with E-state index in [-0.39, 0.29) is 11.7 Å². The summed E-state index contributed by atoms with van der Waals surface area (Å²) in [5.41, 5.74) is 1.34. The minimum atomic E-state index is -0.410. The van der Waals surface area contributed by atoms with E-state index in [9.17, 15) is 9.59 Å². The molecular weight excluding hydrogens is 202 g/mol. The van der Waals surface area contributed by atoms with Crippen LogP contribution in [0.4, 0.5) is 0 Å². The highest BCUT2D eigenvalue weighted by Crippen LogP contribution is 2.19. The normalized spacial score (nSPS) is 10.9. The van der Waals surface area contributed by atoms with E-state index in [1.807, 2.05) is 24.3 Å². The fraction of sp³-hybridized carbons (Fsp3) is 0.231. The number of hydrogen-bond acceptors (Lipinski definition) is 2. The van der Waals surface area contributed by atoms with Gasteiger partial charge in [-0.05, 0) is 6.07 Å². The van der Waals surface area contributed by atoms with Crippen LogP contribution in [0.1, 0.15) is 24.2 Å². The fourth-order valence-corrected chi connectivity index (χ4v) is 1.65. The first-order chi connectivity index (χ1) is 7.61. The molecule has 0 aliphatic heterocycles. The molecule has 16 heavy (non-hydrogen) atoms. The van der Waals surface area contributed by atoms with Gasteiger partial charge in [-0.2, -0.15) is 0 Å². The van der Waals surface area contributed by atoms with E-state index in [0.717, 1.165) is 10.9 Å². The van der Waals surface area contributed by atoms with Crippen molar-refractivity contribution < 1.29 is 9.59 Å². The number of ketones is 2. The van der Waals surface area contributed by atoms with Gasteiger partial charge in [0.15, 0.2) is 0 Å². The van der Waals surface area contributed by atoms with Gasteiger partial charge in [0.05, 0.1) is 5.56 Å². The van der Waals surface area contributed by atoms with E-state index >= 15 is 0 Å². The molecule has 0 bridgehead atoms. The maximum absolute atomic E-state index is 11.9. The minimum Gasteiger partial charge on any atom is -0.360 e. The number of Topliss-reactive ketones (excluding diaryl/α,β-unsaturated/α-hetero) is 2. The Balaban J connectivity index is 2.48. The number of hydrogen-bond donors (Lipinski definition) is 1. The van der Waals surface area contributed by atoms with Gasteiger partial charge < -0.3 is 4.98 Å². The van der Waals surface area contributed by atoms with Crippen LogP contribution in [-0.2, 0) is 4.79 Å². The zero-order chi connectivity index (χ0) is 11.7. The number of para-hydroxylation sites is 1. The average Bonchev–Trinajstić information content (AvgIpc) is 2.70. The molecule has 3 heteroatoms. The Morgan fingerprint density at radius 2 is 1.88 bits per heavy atom. The molecule has 1 aromatic carbocycles. The van der Waals surface area contributed by atoms with Gasteiger partial charge in [-0.25, -0.2) is 0 Å². The predicted molar refractivity (Wildman–Crippen MR) is 62.5 cm³/mol. The molecule has 0 aliphatic carbocycles. The molecule has 0 fully saturated rings. The predicted octanol–water partition coefficient (Wildman–Crippen LogP) is 2.58. The summed E-state index contributed by atoms with van der Waals surface area (Å²) in [5.74, 6) is -1.02. The van der Waals surface area contributed by atoms with Gasteiger partial charge in [0.1, 0.15) is 0 Å². The van der Waals surface area contributed by atoms with Crippen LogP contribution in [0.2, 0.25) is 0 Å². The first-order valence-corrected chi connectivity index (χ1v) is 5.26. The van der Waals surface area contributed by atoms with Crippen molar-refractivity contribution in [1.29, 1.82) is 0 Å². The van der Waals surface area contributed by atoms with Crippen molar-refractivity contribution in [3.8, 4) is 0 Å². The van der Waals surface area contributed by atoms with Crippen molar-refractivity contribution in [2.24, 2.45) is 5.92 Å². The van der Waals surface area contributed by atoms with Crippen molar-refractivity contribution >= 4 is 22.5 Å². The number of H-pyrrole nitrogens is 1. The maximum atomic E-state index is 11.9. The third-order valence-electron chi connectivity index (χ3n) is 2.58. The second-order valence-corrected chi connectivity index (χ2v) is 4.10. The number of aromatic amines is 1. The van der Waals surface area contributed by atoms with Crippen LogP contribution < -0.4 is 0 Å². The SMILES string of the molecule is CC(C)C(=O)C(=O)c1c[nH]c2ccccc12. The standard InChI is InChI=1S/C13H13NO2/c1-8(2)12(15)13(16)10-7-14-11-6-4-3-5-9(10)11/h3-8,14H,1-2H3. The highest BCUT2D eigenvalue weighted by atomic mass is 16.2. The van der Waals surface area contributed by atoms with E-state index in [4.69, 9.17) is 0 Å². The lowest BCUT2D eigenvalue weighted by Gasteiger charge is -2.01.